The van der Waals surface area contributed by atoms with Gasteiger partial charge >= 0.3 is 0 Å². The van der Waals surface area contributed by atoms with Crippen molar-refractivity contribution < 1.29 is 13.6 Å². The molecule has 3 nitrogen and oxygen atoms in total. The van der Waals surface area contributed by atoms with E-state index in [4.69, 9.17) is 27.6 Å². The number of amides is 1. The normalized spacial score (nSPS) is 18.3. The van der Waals surface area contributed by atoms with Crippen LogP contribution in [0.4, 0.5) is 10.1 Å². The van der Waals surface area contributed by atoms with Crippen LogP contribution < -0.4 is 4.90 Å². The van der Waals surface area contributed by atoms with E-state index in [1.165, 1.54) is 28.8 Å². The summed E-state index contributed by atoms with van der Waals surface area (Å²) in [5.41, 5.74) is 1.16. The zero-order chi connectivity index (χ0) is 19.8. The molecule has 2 heterocycles. The highest BCUT2D eigenvalue weighted by Crippen LogP contribution is 2.41. The van der Waals surface area contributed by atoms with Crippen molar-refractivity contribution in [3.05, 3.63) is 81.1 Å². The minimum absolute atomic E-state index is 0.266. The molecule has 4 rings (SSSR count). The molecule has 1 fully saturated rings. The maximum atomic E-state index is 13.5. The van der Waals surface area contributed by atoms with Crippen molar-refractivity contribution >= 4 is 65.3 Å². The third-order valence-electron chi connectivity index (χ3n) is 4.07. The van der Waals surface area contributed by atoms with E-state index in [2.05, 4.69) is 12.6 Å². The van der Waals surface area contributed by atoms with E-state index in [1.807, 2.05) is 0 Å². The molecule has 0 radical (unpaired) electrons. The number of anilines is 1. The maximum absolute atomic E-state index is 13.5. The first-order valence-electron chi connectivity index (χ1n) is 8.13. The van der Waals surface area contributed by atoms with Gasteiger partial charge in [0.05, 0.1) is 9.93 Å². The monoisotopic (exact) mass is 451 g/mol. The van der Waals surface area contributed by atoms with Gasteiger partial charge < -0.3 is 4.42 Å². The first-order chi connectivity index (χ1) is 13.4. The molecule has 1 unspecified atom stereocenters. The van der Waals surface area contributed by atoms with Crippen molar-refractivity contribution in [2.24, 2.45) is 0 Å². The van der Waals surface area contributed by atoms with Crippen LogP contribution in [0, 0.1) is 5.82 Å². The highest BCUT2D eigenvalue weighted by atomic mass is 35.5. The van der Waals surface area contributed by atoms with Gasteiger partial charge in [0, 0.05) is 22.3 Å². The molecule has 8 heteroatoms. The zero-order valence-electron chi connectivity index (χ0n) is 14.1. The number of carbonyl (C=O) groups excluding carboxylic acids is 1. The number of halogens is 3. The summed E-state index contributed by atoms with van der Waals surface area (Å²) < 4.78 is 18.9. The third-order valence-corrected chi connectivity index (χ3v) is 6.13. The summed E-state index contributed by atoms with van der Waals surface area (Å²) in [5, 5.41) is 1.01. The molecule has 0 spiro atoms. The molecule has 28 heavy (non-hydrogen) atoms. The number of hydrogen-bond donors (Lipinski definition) is 1. The Labute approximate surface area is 180 Å². The van der Waals surface area contributed by atoms with Gasteiger partial charge in [0.15, 0.2) is 0 Å². The number of furan rings is 1. The lowest BCUT2D eigenvalue weighted by atomic mass is 10.2. The number of thioether (sulfide) groups is 1. The summed E-state index contributed by atoms with van der Waals surface area (Å²) in [4.78, 5) is 14.7. The van der Waals surface area contributed by atoms with Crippen LogP contribution in [0.1, 0.15) is 5.76 Å². The summed E-state index contributed by atoms with van der Waals surface area (Å²) in [5.74, 6) is 0.383. The molecule has 1 aliphatic rings. The summed E-state index contributed by atoms with van der Waals surface area (Å²) in [6, 6.07) is 14.5. The largest absolute Gasteiger partial charge is 0.457 e. The van der Waals surface area contributed by atoms with Gasteiger partial charge in [0.2, 0.25) is 0 Å². The first kappa shape index (κ1) is 19.5. The molecule has 1 aliphatic heterocycles. The van der Waals surface area contributed by atoms with Gasteiger partial charge in [-0.1, -0.05) is 41.0 Å². The Balaban J connectivity index is 1.62. The summed E-state index contributed by atoms with van der Waals surface area (Å²) >= 11 is 17.9. The zero-order valence-corrected chi connectivity index (χ0v) is 17.3. The van der Waals surface area contributed by atoms with Crippen molar-refractivity contribution in [2.75, 3.05) is 4.90 Å². The lowest BCUT2D eigenvalue weighted by molar-refractivity contribution is -0.114. The van der Waals surface area contributed by atoms with Gasteiger partial charge in [-0.15, -0.1) is 12.6 Å². The summed E-state index contributed by atoms with van der Waals surface area (Å²) in [6.07, 6.45) is 1.64. The summed E-state index contributed by atoms with van der Waals surface area (Å²) in [6.45, 7) is 0. The molecule has 0 N–H and O–H groups in total. The fraction of sp³-hybridized carbons (Fsp3) is 0.0500. The minimum Gasteiger partial charge on any atom is -0.457 e. The Morgan fingerprint density at radius 2 is 1.96 bits per heavy atom. The van der Waals surface area contributed by atoms with Gasteiger partial charge in [0.1, 0.15) is 22.0 Å². The Hall–Kier alpha value is -1.86. The highest BCUT2D eigenvalue weighted by Gasteiger charge is 2.35. The smallest absolute Gasteiger partial charge is 0.266 e. The van der Waals surface area contributed by atoms with Crippen LogP contribution in [-0.2, 0) is 4.79 Å². The molecule has 1 saturated heterocycles. The van der Waals surface area contributed by atoms with E-state index in [0.717, 1.165) is 0 Å². The number of nitrogens with zero attached hydrogens (tertiary/aromatic N) is 1. The molecule has 0 aliphatic carbocycles. The van der Waals surface area contributed by atoms with Gasteiger partial charge in [-0.05, 0) is 48.5 Å². The molecule has 1 amide bonds. The van der Waals surface area contributed by atoms with E-state index >= 15 is 0 Å². The van der Waals surface area contributed by atoms with E-state index in [-0.39, 0.29) is 5.91 Å². The number of carbonyl (C=O) groups is 1. The van der Waals surface area contributed by atoms with Crippen LogP contribution in [0.15, 0.2) is 63.9 Å². The predicted molar refractivity (Wildman–Crippen MR) is 116 cm³/mol. The fourth-order valence-electron chi connectivity index (χ4n) is 2.80. The summed E-state index contributed by atoms with van der Waals surface area (Å²) in [7, 11) is 0. The standard InChI is InChI=1S/C20H12Cl2FNO2S2/c21-11-4-6-15(16(22)8-11)17-7-5-14(26-17)10-18-19(25)24(20(27)28-18)13-3-1-2-12(23)9-13/h1-10,20,27H/b18-10-. The minimum atomic E-state index is -0.458. The second-order valence-corrected chi connectivity index (χ2v) is 8.74. The van der Waals surface area contributed by atoms with Crippen LogP contribution in [0.25, 0.3) is 17.4 Å². The number of thiol groups is 1. The predicted octanol–water partition coefficient (Wildman–Crippen LogP) is 6.73. The van der Waals surface area contributed by atoms with Crippen LogP contribution >= 0.6 is 47.6 Å². The molecule has 3 aromatic rings. The lowest BCUT2D eigenvalue weighted by Gasteiger charge is -2.19. The van der Waals surface area contributed by atoms with Gasteiger partial charge in [-0.3, -0.25) is 9.69 Å². The molecule has 0 bridgehead atoms. The molecule has 1 atom stereocenters. The second-order valence-electron chi connectivity index (χ2n) is 5.93. The Morgan fingerprint density at radius 1 is 1.14 bits per heavy atom. The first-order valence-corrected chi connectivity index (χ1v) is 10.3. The van der Waals surface area contributed by atoms with Gasteiger partial charge in [0.25, 0.3) is 5.91 Å². The van der Waals surface area contributed by atoms with Crippen molar-refractivity contribution in [3.8, 4) is 11.3 Å². The molecule has 2 aromatic carbocycles. The van der Waals surface area contributed by atoms with Gasteiger partial charge in [-0.2, -0.15) is 0 Å². The maximum Gasteiger partial charge on any atom is 0.266 e. The van der Waals surface area contributed by atoms with Crippen LogP contribution in [-0.4, -0.2) is 10.6 Å². The lowest BCUT2D eigenvalue weighted by Crippen LogP contribution is -2.29. The van der Waals surface area contributed by atoms with Crippen LogP contribution in [0.5, 0.6) is 0 Å². The Kier molecular flexibility index (Phi) is 5.47. The topological polar surface area (TPSA) is 33.5 Å². The van der Waals surface area contributed by atoms with Crippen molar-refractivity contribution in [1.29, 1.82) is 0 Å². The van der Waals surface area contributed by atoms with E-state index in [0.29, 0.717) is 37.7 Å². The molecule has 1 aromatic heterocycles. The Bertz CT molecular complexity index is 1100. The number of rotatable bonds is 3. The quantitative estimate of drug-likeness (QED) is 0.354. The van der Waals surface area contributed by atoms with Crippen molar-refractivity contribution in [2.45, 2.75) is 4.71 Å². The van der Waals surface area contributed by atoms with Crippen LogP contribution in [0.2, 0.25) is 10.0 Å². The van der Waals surface area contributed by atoms with Crippen molar-refractivity contribution in [3.63, 3.8) is 0 Å². The fourth-order valence-corrected chi connectivity index (χ4v) is 4.81. The third kappa shape index (κ3) is 3.82. The molecular formula is C20H12Cl2FNO2S2. The van der Waals surface area contributed by atoms with Gasteiger partial charge in [-0.25, -0.2) is 4.39 Å². The van der Waals surface area contributed by atoms with Crippen LogP contribution in [0.3, 0.4) is 0 Å². The highest BCUT2D eigenvalue weighted by molar-refractivity contribution is 8.14. The molecule has 0 saturated carbocycles. The Morgan fingerprint density at radius 3 is 2.71 bits per heavy atom. The van der Waals surface area contributed by atoms with E-state index < -0.39 is 10.5 Å². The number of hydrogen-bond acceptors (Lipinski definition) is 4. The average molecular weight is 452 g/mol. The van der Waals surface area contributed by atoms with E-state index in [9.17, 15) is 9.18 Å². The second kappa shape index (κ2) is 7.87. The molecular weight excluding hydrogens is 440 g/mol. The van der Waals surface area contributed by atoms with Crippen molar-refractivity contribution in [1.82, 2.24) is 0 Å². The molecule has 142 valence electrons. The van der Waals surface area contributed by atoms with E-state index in [1.54, 1.807) is 48.5 Å². The average Bonchev–Trinajstić information content (AvgIpc) is 3.20. The number of benzene rings is 2. The SMILES string of the molecule is O=C1/C(=C/c2ccc(-c3ccc(Cl)cc3Cl)o2)SC(S)N1c1cccc(F)c1.